The maximum absolute atomic E-state index is 11.8. The summed E-state index contributed by atoms with van der Waals surface area (Å²) < 4.78 is 12.3. The van der Waals surface area contributed by atoms with Crippen molar-refractivity contribution in [3.63, 3.8) is 0 Å². The molecule has 0 bridgehead atoms. The Hall–Kier alpha value is -2.76. The van der Waals surface area contributed by atoms with E-state index in [2.05, 4.69) is 10.5 Å². The van der Waals surface area contributed by atoms with Crippen LogP contribution in [0.1, 0.15) is 11.3 Å². The van der Waals surface area contributed by atoms with Crippen molar-refractivity contribution in [2.75, 3.05) is 14.2 Å². The highest BCUT2D eigenvalue weighted by Gasteiger charge is 2.05. The second kappa shape index (κ2) is 7.31. The number of hydrogen-bond acceptors (Lipinski definition) is 4. The minimum absolute atomic E-state index is 0.168. The van der Waals surface area contributed by atoms with Gasteiger partial charge in [-0.1, -0.05) is 0 Å². The zero-order valence-corrected chi connectivity index (χ0v) is 12.9. The van der Waals surface area contributed by atoms with E-state index in [0.29, 0.717) is 11.5 Å². The molecule has 116 valence electrons. The summed E-state index contributed by atoms with van der Waals surface area (Å²) in [6, 6.07) is 9.19. The van der Waals surface area contributed by atoms with Gasteiger partial charge < -0.3 is 14.0 Å². The number of carbonyl (C=O) groups is 1. The molecule has 6 heteroatoms. The predicted molar refractivity (Wildman–Crippen MR) is 84.4 cm³/mol. The highest BCUT2D eigenvalue weighted by molar-refractivity contribution is 5.83. The molecule has 0 aliphatic rings. The van der Waals surface area contributed by atoms with Crippen LogP contribution >= 0.6 is 0 Å². The zero-order chi connectivity index (χ0) is 15.9. The van der Waals surface area contributed by atoms with Gasteiger partial charge in [0.25, 0.3) is 0 Å². The molecule has 0 atom stereocenters. The van der Waals surface area contributed by atoms with Crippen LogP contribution in [-0.4, -0.2) is 30.9 Å². The Kier molecular flexibility index (Phi) is 5.19. The van der Waals surface area contributed by atoms with Gasteiger partial charge in [-0.3, -0.25) is 4.79 Å². The van der Waals surface area contributed by atoms with Crippen molar-refractivity contribution in [1.82, 2.24) is 9.99 Å². The fraction of sp³-hybridized carbons (Fsp3) is 0.250. The van der Waals surface area contributed by atoms with Gasteiger partial charge in [0, 0.05) is 18.9 Å². The minimum Gasteiger partial charge on any atom is -0.493 e. The van der Waals surface area contributed by atoms with Crippen molar-refractivity contribution in [2.45, 2.75) is 6.42 Å². The third-order valence-corrected chi connectivity index (χ3v) is 3.20. The summed E-state index contributed by atoms with van der Waals surface area (Å²) >= 11 is 0. The third-order valence-electron chi connectivity index (χ3n) is 3.20. The van der Waals surface area contributed by atoms with E-state index < -0.39 is 0 Å². The highest BCUT2D eigenvalue weighted by atomic mass is 16.5. The van der Waals surface area contributed by atoms with Gasteiger partial charge in [-0.2, -0.15) is 5.10 Å². The van der Waals surface area contributed by atoms with Crippen LogP contribution in [0.3, 0.4) is 0 Å². The Balaban J connectivity index is 1.94. The summed E-state index contributed by atoms with van der Waals surface area (Å²) in [7, 11) is 5.05. The monoisotopic (exact) mass is 301 g/mol. The van der Waals surface area contributed by atoms with Crippen LogP contribution in [0, 0.1) is 0 Å². The molecule has 1 heterocycles. The molecule has 22 heavy (non-hydrogen) atoms. The summed E-state index contributed by atoms with van der Waals surface area (Å²) in [5.41, 5.74) is 4.24. The van der Waals surface area contributed by atoms with E-state index in [1.165, 1.54) is 0 Å². The first-order chi connectivity index (χ1) is 10.6. The molecule has 1 N–H and O–H groups in total. The molecule has 0 saturated heterocycles. The number of amides is 1. The number of aromatic nitrogens is 1. The first-order valence-corrected chi connectivity index (χ1v) is 6.78. The summed E-state index contributed by atoms with van der Waals surface area (Å²) in [4.78, 5) is 11.8. The smallest absolute Gasteiger partial charge is 0.245 e. The van der Waals surface area contributed by atoms with Crippen LogP contribution in [0.25, 0.3) is 0 Å². The first kappa shape index (κ1) is 15.6. The normalized spacial score (nSPS) is 10.7. The second-order valence-electron chi connectivity index (χ2n) is 4.69. The van der Waals surface area contributed by atoms with Crippen molar-refractivity contribution in [3.8, 4) is 11.5 Å². The average Bonchev–Trinajstić information content (AvgIpc) is 2.92. The van der Waals surface area contributed by atoms with Gasteiger partial charge in [-0.25, -0.2) is 5.43 Å². The second-order valence-corrected chi connectivity index (χ2v) is 4.69. The van der Waals surface area contributed by atoms with Crippen LogP contribution in [0.5, 0.6) is 11.5 Å². The number of ether oxygens (including phenoxy) is 2. The van der Waals surface area contributed by atoms with E-state index in [0.717, 1.165) is 11.3 Å². The van der Waals surface area contributed by atoms with Gasteiger partial charge in [0.1, 0.15) is 0 Å². The van der Waals surface area contributed by atoms with Crippen molar-refractivity contribution >= 4 is 12.1 Å². The van der Waals surface area contributed by atoms with Gasteiger partial charge in [-0.05, 0) is 35.9 Å². The lowest BCUT2D eigenvalue weighted by Gasteiger charge is -2.07. The number of aryl methyl sites for hydroxylation is 1. The summed E-state index contributed by atoms with van der Waals surface area (Å²) in [6.45, 7) is 0. The number of hydrogen-bond donors (Lipinski definition) is 1. The molecule has 0 saturated carbocycles. The molecule has 0 radical (unpaired) electrons. The first-order valence-electron chi connectivity index (χ1n) is 6.78. The molecule has 1 amide bonds. The number of nitrogens with zero attached hydrogens (tertiary/aromatic N) is 2. The molecule has 0 fully saturated rings. The summed E-state index contributed by atoms with van der Waals surface area (Å²) in [5.74, 6) is 1.09. The van der Waals surface area contributed by atoms with Crippen molar-refractivity contribution < 1.29 is 14.3 Å². The molecule has 2 aromatic rings. The Labute approximate surface area is 129 Å². The van der Waals surface area contributed by atoms with E-state index in [1.807, 2.05) is 36.0 Å². The maximum atomic E-state index is 11.8. The topological polar surface area (TPSA) is 64.8 Å². The predicted octanol–water partition coefficient (Wildman–Crippen LogP) is 1.74. The number of rotatable bonds is 6. The lowest BCUT2D eigenvalue weighted by molar-refractivity contribution is -0.120. The Morgan fingerprint density at radius 3 is 2.68 bits per heavy atom. The van der Waals surface area contributed by atoms with E-state index in [1.54, 1.807) is 32.6 Å². The van der Waals surface area contributed by atoms with Crippen molar-refractivity contribution in [1.29, 1.82) is 0 Å². The van der Waals surface area contributed by atoms with E-state index in [9.17, 15) is 4.79 Å². The molecule has 2 rings (SSSR count). The van der Waals surface area contributed by atoms with Gasteiger partial charge >= 0.3 is 0 Å². The van der Waals surface area contributed by atoms with E-state index in [-0.39, 0.29) is 12.3 Å². The van der Waals surface area contributed by atoms with Crippen LogP contribution in [0.15, 0.2) is 41.6 Å². The number of hydrazone groups is 1. The fourth-order valence-corrected chi connectivity index (χ4v) is 2.00. The van der Waals surface area contributed by atoms with E-state index in [4.69, 9.17) is 9.47 Å². The quantitative estimate of drug-likeness (QED) is 0.653. The lowest BCUT2D eigenvalue weighted by Crippen LogP contribution is -2.20. The summed E-state index contributed by atoms with van der Waals surface area (Å²) in [6.07, 6.45) is 3.74. The molecular weight excluding hydrogens is 282 g/mol. The molecule has 0 aliphatic heterocycles. The Morgan fingerprint density at radius 2 is 2.05 bits per heavy atom. The number of benzene rings is 1. The zero-order valence-electron chi connectivity index (χ0n) is 12.9. The van der Waals surface area contributed by atoms with Crippen molar-refractivity contribution in [3.05, 3.63) is 47.8 Å². The van der Waals surface area contributed by atoms with Crippen LogP contribution < -0.4 is 14.9 Å². The molecule has 1 aromatic heterocycles. The number of methoxy groups -OCH3 is 2. The SMILES string of the molecule is COc1ccc(C=NNC(=O)Cc2cccn2C)cc1OC. The largest absolute Gasteiger partial charge is 0.493 e. The van der Waals surface area contributed by atoms with Gasteiger partial charge in [0.05, 0.1) is 26.9 Å². The lowest BCUT2D eigenvalue weighted by atomic mass is 10.2. The minimum atomic E-state index is -0.168. The van der Waals surface area contributed by atoms with Crippen LogP contribution in [0.4, 0.5) is 0 Å². The Morgan fingerprint density at radius 1 is 1.27 bits per heavy atom. The number of carbonyl (C=O) groups excluding carboxylic acids is 1. The molecule has 0 aliphatic carbocycles. The van der Waals surface area contributed by atoms with Crippen LogP contribution in [0.2, 0.25) is 0 Å². The van der Waals surface area contributed by atoms with Gasteiger partial charge in [0.2, 0.25) is 5.91 Å². The van der Waals surface area contributed by atoms with Crippen molar-refractivity contribution in [2.24, 2.45) is 12.1 Å². The molecule has 0 unspecified atom stereocenters. The van der Waals surface area contributed by atoms with Gasteiger partial charge in [0.15, 0.2) is 11.5 Å². The molecule has 6 nitrogen and oxygen atoms in total. The third kappa shape index (κ3) is 3.88. The highest BCUT2D eigenvalue weighted by Crippen LogP contribution is 2.26. The fourth-order valence-electron chi connectivity index (χ4n) is 2.00. The van der Waals surface area contributed by atoms with Gasteiger partial charge in [-0.15, -0.1) is 0 Å². The standard InChI is InChI=1S/C16H19N3O3/c1-19-8-4-5-13(19)10-16(20)18-17-11-12-6-7-14(21-2)15(9-12)22-3/h4-9,11H,10H2,1-3H3,(H,18,20). The molecular formula is C16H19N3O3. The van der Waals surface area contributed by atoms with Crippen LogP contribution in [-0.2, 0) is 18.3 Å². The number of nitrogens with one attached hydrogen (secondary N) is 1. The average molecular weight is 301 g/mol. The maximum Gasteiger partial charge on any atom is 0.245 e. The molecule has 1 aromatic carbocycles. The molecule has 0 spiro atoms. The Bertz CT molecular complexity index is 677. The summed E-state index contributed by atoms with van der Waals surface area (Å²) in [5, 5.41) is 3.95. The van der Waals surface area contributed by atoms with E-state index >= 15 is 0 Å².